The number of phenols is 1. The molecule has 1 aromatic carbocycles. The number of nitrogens with one attached hydrogen (secondary N) is 3. The first kappa shape index (κ1) is 40.5. The zero-order valence-corrected chi connectivity index (χ0v) is 34.6. The molecule has 57 heavy (non-hydrogen) atoms. The lowest BCUT2D eigenvalue weighted by molar-refractivity contribution is -0.141. The first-order valence-electron chi connectivity index (χ1n) is 19.7. The van der Waals surface area contributed by atoms with Gasteiger partial charge in [0.05, 0.1) is 27.8 Å². The molecule has 0 unspecified atom stereocenters. The number of benzene rings is 1. The summed E-state index contributed by atoms with van der Waals surface area (Å²) in [6, 6.07) is 6.34. The van der Waals surface area contributed by atoms with E-state index in [0.29, 0.717) is 59.2 Å². The quantitative estimate of drug-likeness (QED) is 0.215. The maximum atomic E-state index is 14.7. The van der Waals surface area contributed by atoms with Crippen LogP contribution in [0.3, 0.4) is 0 Å². The second-order valence-electron chi connectivity index (χ2n) is 16.4. The minimum atomic E-state index is -4.00. The summed E-state index contributed by atoms with van der Waals surface area (Å²) < 4.78 is 40.2. The SMILES string of the molecule is Cc1ccc(C(=O)N[C@H]2CCCCC/C=C\[C@@H]3C[C@@]3(C(=O)NS(=O)(=O)C3(C)CC3)NC(=O)[C@@H]3C[C@@H](Oc4cc(OC(C)C)nc5c(C)c(O)ccc45)CN3C2=O)s1. The predicted octanol–water partition coefficient (Wildman–Crippen LogP) is 4.95. The predicted molar refractivity (Wildman–Crippen MR) is 215 cm³/mol. The van der Waals surface area contributed by atoms with Gasteiger partial charge in [-0.1, -0.05) is 25.0 Å². The molecule has 306 valence electrons. The van der Waals surface area contributed by atoms with Crippen LogP contribution >= 0.6 is 11.3 Å². The van der Waals surface area contributed by atoms with Crippen molar-refractivity contribution in [1.29, 1.82) is 0 Å². The van der Waals surface area contributed by atoms with Crippen LogP contribution in [0.5, 0.6) is 17.4 Å². The molecule has 3 aromatic rings. The van der Waals surface area contributed by atoms with Gasteiger partial charge in [-0.2, -0.15) is 0 Å². The third kappa shape index (κ3) is 8.34. The number of aromatic hydroxyl groups is 1. The van der Waals surface area contributed by atoms with Gasteiger partial charge in [0.25, 0.3) is 11.8 Å². The normalized spacial score (nSPS) is 26.7. The highest BCUT2D eigenvalue weighted by molar-refractivity contribution is 7.91. The minimum absolute atomic E-state index is 0.0260. The number of allylic oxidation sites excluding steroid dienone is 1. The molecular weight excluding hydrogens is 771 g/mol. The van der Waals surface area contributed by atoms with Crippen LogP contribution in [0.15, 0.2) is 42.5 Å². The Morgan fingerprint density at radius 1 is 1.11 bits per heavy atom. The summed E-state index contributed by atoms with van der Waals surface area (Å²) in [7, 11) is -4.00. The number of hydrogen-bond donors (Lipinski definition) is 4. The van der Waals surface area contributed by atoms with Gasteiger partial charge in [-0.05, 0) is 97.4 Å². The molecule has 2 aromatic heterocycles. The van der Waals surface area contributed by atoms with E-state index >= 15 is 0 Å². The molecule has 0 spiro atoms. The highest BCUT2D eigenvalue weighted by Crippen LogP contribution is 2.47. The van der Waals surface area contributed by atoms with Crippen molar-refractivity contribution in [3.05, 3.63) is 57.8 Å². The van der Waals surface area contributed by atoms with Crippen molar-refractivity contribution >= 4 is 55.9 Å². The van der Waals surface area contributed by atoms with Crippen LogP contribution < -0.4 is 24.8 Å². The van der Waals surface area contributed by atoms with Crippen molar-refractivity contribution < 1.29 is 42.2 Å². The molecule has 4 heterocycles. The lowest BCUT2D eigenvalue weighted by Gasteiger charge is -2.30. The van der Waals surface area contributed by atoms with E-state index in [1.807, 2.05) is 39.0 Å². The molecule has 1 saturated heterocycles. The lowest BCUT2D eigenvalue weighted by Crippen LogP contribution is -2.58. The molecular formula is C41H51N5O9S2. The zero-order valence-electron chi connectivity index (χ0n) is 32.9. The van der Waals surface area contributed by atoms with Crippen molar-refractivity contribution in [2.75, 3.05) is 6.54 Å². The van der Waals surface area contributed by atoms with E-state index in [0.717, 1.165) is 17.7 Å². The molecule has 3 fully saturated rings. The van der Waals surface area contributed by atoms with Gasteiger partial charge < -0.3 is 30.1 Å². The number of phenolic OH excluding ortho intramolecular Hbond substituents is 1. The van der Waals surface area contributed by atoms with Crippen LogP contribution in [0.25, 0.3) is 10.9 Å². The Morgan fingerprint density at radius 3 is 2.58 bits per heavy atom. The van der Waals surface area contributed by atoms with Crippen molar-refractivity contribution in [3.63, 3.8) is 0 Å². The number of pyridine rings is 1. The summed E-state index contributed by atoms with van der Waals surface area (Å²) in [5, 5.41) is 16.9. The Bertz CT molecular complexity index is 2230. The number of ether oxygens (including phenoxy) is 2. The van der Waals surface area contributed by atoms with E-state index in [4.69, 9.17) is 9.47 Å². The van der Waals surface area contributed by atoms with Crippen LogP contribution in [0, 0.1) is 19.8 Å². The Kier molecular flexibility index (Phi) is 11.1. The van der Waals surface area contributed by atoms with Gasteiger partial charge in [-0.25, -0.2) is 13.4 Å². The van der Waals surface area contributed by atoms with E-state index in [1.165, 1.54) is 16.2 Å². The fraction of sp³-hybridized carbons (Fsp3) is 0.537. The van der Waals surface area contributed by atoms with Gasteiger partial charge >= 0.3 is 0 Å². The third-order valence-electron chi connectivity index (χ3n) is 11.5. The Hall–Kier alpha value is -4.70. The van der Waals surface area contributed by atoms with E-state index in [9.17, 15) is 32.7 Å². The van der Waals surface area contributed by atoms with Crippen molar-refractivity contribution in [2.24, 2.45) is 5.92 Å². The van der Waals surface area contributed by atoms with Crippen molar-refractivity contribution in [2.45, 2.75) is 127 Å². The number of amides is 4. The largest absolute Gasteiger partial charge is 0.508 e. The molecule has 14 nitrogen and oxygen atoms in total. The van der Waals surface area contributed by atoms with Gasteiger partial charge in [0, 0.05) is 34.2 Å². The number of carbonyl (C=O) groups is 4. The Balaban J connectivity index is 1.23. The Labute approximate surface area is 336 Å². The average molecular weight is 822 g/mol. The number of carbonyl (C=O) groups excluding carboxylic acids is 4. The van der Waals surface area contributed by atoms with Gasteiger partial charge in [0.15, 0.2) is 0 Å². The monoisotopic (exact) mass is 821 g/mol. The number of aromatic nitrogens is 1. The maximum Gasteiger partial charge on any atom is 0.262 e. The van der Waals surface area contributed by atoms with E-state index in [-0.39, 0.29) is 43.0 Å². The number of nitrogens with zero attached hydrogens (tertiary/aromatic N) is 2. The van der Waals surface area contributed by atoms with Gasteiger partial charge in [-0.3, -0.25) is 23.9 Å². The molecule has 2 aliphatic carbocycles. The molecule has 5 atom stereocenters. The number of aryl methyl sites for hydroxylation is 2. The van der Waals surface area contributed by atoms with Crippen molar-refractivity contribution in [3.8, 4) is 17.4 Å². The first-order valence-corrected chi connectivity index (χ1v) is 22.0. The van der Waals surface area contributed by atoms with Crippen LogP contribution in [-0.2, 0) is 24.4 Å². The van der Waals surface area contributed by atoms with Crippen LogP contribution in [0.1, 0.15) is 98.7 Å². The summed E-state index contributed by atoms with van der Waals surface area (Å²) in [4.78, 5) is 64.1. The highest BCUT2D eigenvalue weighted by Gasteiger charge is 2.63. The van der Waals surface area contributed by atoms with E-state index in [2.05, 4.69) is 20.3 Å². The number of fused-ring (bicyclic) bond motifs is 3. The summed E-state index contributed by atoms with van der Waals surface area (Å²) >= 11 is 1.32. The highest BCUT2D eigenvalue weighted by atomic mass is 32.2. The van der Waals surface area contributed by atoms with E-state index < -0.39 is 62.1 Å². The summed E-state index contributed by atoms with van der Waals surface area (Å²) in [6.45, 7) is 8.90. The lowest BCUT2D eigenvalue weighted by atomic mass is 10.0. The topological polar surface area (TPSA) is 193 Å². The molecule has 0 bridgehead atoms. The van der Waals surface area contributed by atoms with Gasteiger partial charge in [0.2, 0.25) is 27.7 Å². The molecule has 2 saturated carbocycles. The van der Waals surface area contributed by atoms with Crippen molar-refractivity contribution in [1.82, 2.24) is 25.2 Å². The number of hydrogen-bond acceptors (Lipinski definition) is 11. The zero-order chi connectivity index (χ0) is 40.9. The second kappa shape index (κ2) is 15.6. The number of rotatable bonds is 9. The molecule has 16 heteroatoms. The standard InChI is InChI=1S/C41H51N5O9S2/c1-23(2)54-34-20-32(28-14-15-31(47)25(4)35(28)43-34)55-27-19-30-36(48)44-41(39(51)45-57(52,53)40(5)17-18-40)21-26(41)11-9-7-6-8-10-12-29(38(50)46(30)22-27)42-37(49)33-16-13-24(3)56-33/h9,11,13-16,20,23,26-27,29-30,47H,6-8,10,12,17-19,21-22H2,1-5H3,(H,42,49)(H,44,48)(H,45,51)/b11-9-/t26-,27-,29+,30+,41-/m1/s1. The summed E-state index contributed by atoms with van der Waals surface area (Å²) in [5.41, 5.74) is -0.546. The fourth-order valence-electron chi connectivity index (χ4n) is 7.68. The molecule has 2 aliphatic heterocycles. The third-order valence-corrected chi connectivity index (χ3v) is 14.7. The molecule has 7 rings (SSSR count). The van der Waals surface area contributed by atoms with Gasteiger partial charge in [-0.15, -0.1) is 11.3 Å². The minimum Gasteiger partial charge on any atom is -0.508 e. The Morgan fingerprint density at radius 2 is 1.88 bits per heavy atom. The summed E-state index contributed by atoms with van der Waals surface area (Å²) in [6.07, 6.45) is 7.19. The van der Waals surface area contributed by atoms with Crippen LogP contribution in [-0.4, -0.2) is 88.2 Å². The van der Waals surface area contributed by atoms with Crippen LogP contribution in [0.2, 0.25) is 0 Å². The maximum absolute atomic E-state index is 14.7. The molecule has 4 N–H and O–H groups in total. The molecule has 4 aliphatic rings. The number of thiophene rings is 1. The van der Waals surface area contributed by atoms with Gasteiger partial charge in [0.1, 0.15) is 35.2 Å². The second-order valence-corrected chi connectivity index (χ2v) is 19.9. The molecule has 0 radical (unpaired) electrons. The summed E-state index contributed by atoms with van der Waals surface area (Å²) in [5.74, 6) is -2.04. The smallest absolute Gasteiger partial charge is 0.262 e. The number of sulfonamides is 1. The molecule has 4 amide bonds. The fourth-order valence-corrected chi connectivity index (χ4v) is 9.76. The average Bonchev–Trinajstić information content (AvgIpc) is 3.95. The van der Waals surface area contributed by atoms with E-state index in [1.54, 1.807) is 38.1 Å². The first-order chi connectivity index (χ1) is 27.0. The van der Waals surface area contributed by atoms with Crippen LogP contribution in [0.4, 0.5) is 0 Å².